The van der Waals surface area contributed by atoms with Crippen LogP contribution in [0.1, 0.15) is 20.3 Å². The summed E-state index contributed by atoms with van der Waals surface area (Å²) < 4.78 is 45.7. The van der Waals surface area contributed by atoms with Gasteiger partial charge in [-0.25, -0.2) is 12.3 Å². The summed E-state index contributed by atoms with van der Waals surface area (Å²) in [4.78, 5) is 0. The summed E-state index contributed by atoms with van der Waals surface area (Å²) in [6, 6.07) is -0.725. The van der Waals surface area contributed by atoms with Crippen LogP contribution in [-0.2, 0) is 9.47 Å². The Morgan fingerprint density at radius 1 is 1.08 bits per heavy atom. The first kappa shape index (κ1) is 12.9. The van der Waals surface area contributed by atoms with Crippen LogP contribution in [0.2, 0.25) is 6.04 Å². The molecule has 0 amide bonds. The van der Waals surface area contributed by atoms with Gasteiger partial charge < -0.3 is 9.47 Å². The minimum Gasteiger partial charge on any atom is -0.353 e. The highest BCUT2D eigenvalue weighted by Gasteiger charge is 2.36. The zero-order valence-electron chi connectivity index (χ0n) is 7.86. The van der Waals surface area contributed by atoms with Crippen LogP contribution in [0.25, 0.3) is 0 Å². The highest BCUT2D eigenvalue weighted by Crippen LogP contribution is 2.19. The molecule has 0 heterocycles. The molecule has 0 aromatic carbocycles. The van der Waals surface area contributed by atoms with Crippen molar-refractivity contribution in [2.75, 3.05) is 13.2 Å². The van der Waals surface area contributed by atoms with E-state index < -0.39 is 21.4 Å². The second kappa shape index (κ2) is 6.39. The predicted octanol–water partition coefficient (Wildman–Crippen LogP) is 2.62. The molecule has 0 fully saturated rings. The van der Waals surface area contributed by atoms with E-state index in [1.54, 1.807) is 13.8 Å². The lowest BCUT2D eigenvalue weighted by Gasteiger charge is -2.16. The molecule has 0 N–H and O–H groups in total. The quantitative estimate of drug-likeness (QED) is 0.370. The van der Waals surface area contributed by atoms with Crippen molar-refractivity contribution in [3.8, 4) is 0 Å². The maximum Gasteiger partial charge on any atom is 0.616 e. The molecule has 0 spiro atoms. The summed E-state index contributed by atoms with van der Waals surface area (Å²) in [7, 11) is -5.44. The number of ether oxygens (including phenoxy) is 2. The van der Waals surface area contributed by atoms with Crippen molar-refractivity contribution < 1.29 is 21.8 Å². The van der Waals surface area contributed by atoms with Gasteiger partial charge in [-0.2, -0.15) is 0 Å². The van der Waals surface area contributed by atoms with Crippen molar-refractivity contribution in [2.24, 2.45) is 0 Å². The van der Waals surface area contributed by atoms with E-state index >= 15 is 0 Å². The van der Waals surface area contributed by atoms with Crippen molar-refractivity contribution >= 4 is 9.08 Å². The van der Waals surface area contributed by atoms with Crippen LogP contribution in [0.15, 0.2) is 0 Å². The van der Waals surface area contributed by atoms with E-state index in [4.69, 9.17) is 9.47 Å². The molecule has 0 atom stereocenters. The van der Waals surface area contributed by atoms with Gasteiger partial charge >= 0.3 is 9.08 Å². The molecular weight excluding hydrogens is 201 g/mol. The molecule has 2 nitrogen and oxygen atoms in total. The van der Waals surface area contributed by atoms with Crippen LogP contribution in [0.5, 0.6) is 0 Å². The second-order valence-electron chi connectivity index (χ2n) is 2.49. The van der Waals surface area contributed by atoms with E-state index in [9.17, 15) is 12.3 Å². The van der Waals surface area contributed by atoms with Crippen molar-refractivity contribution in [2.45, 2.75) is 32.6 Å². The van der Waals surface area contributed by atoms with Crippen LogP contribution in [0.4, 0.5) is 12.3 Å². The monoisotopic (exact) mass is 216 g/mol. The van der Waals surface area contributed by atoms with E-state index in [1.807, 2.05) is 0 Å². The smallest absolute Gasteiger partial charge is 0.353 e. The SMILES string of the molecule is CCOC(CC[Si](F)(F)F)OCC. The van der Waals surface area contributed by atoms with Gasteiger partial charge in [0.2, 0.25) is 0 Å². The van der Waals surface area contributed by atoms with Gasteiger partial charge in [0.05, 0.1) is 0 Å². The largest absolute Gasteiger partial charge is 0.616 e. The number of hydrogen-bond acceptors (Lipinski definition) is 2. The Morgan fingerprint density at radius 3 is 1.85 bits per heavy atom. The van der Waals surface area contributed by atoms with Gasteiger partial charge in [-0.15, -0.1) is 0 Å². The predicted molar refractivity (Wildman–Crippen MR) is 45.5 cm³/mol. The van der Waals surface area contributed by atoms with Gasteiger partial charge in [0, 0.05) is 25.7 Å². The Bertz CT molecular complexity index is 123. The zero-order valence-corrected chi connectivity index (χ0v) is 8.86. The molecule has 0 saturated heterocycles. The standard InChI is InChI=1S/C7H15F3O2Si/c1-3-11-7(12-4-2)5-6-13(8,9)10/h7H,3-6H2,1-2H3. The van der Waals surface area contributed by atoms with Crippen molar-refractivity contribution in [3.63, 3.8) is 0 Å². The number of hydrogen-bond donors (Lipinski definition) is 0. The van der Waals surface area contributed by atoms with Crippen molar-refractivity contribution in [1.29, 1.82) is 0 Å². The third-order valence-electron chi connectivity index (χ3n) is 1.37. The summed E-state index contributed by atoms with van der Waals surface area (Å²) in [5, 5.41) is 0. The maximum absolute atomic E-state index is 11.9. The molecule has 0 aliphatic rings. The van der Waals surface area contributed by atoms with E-state index in [1.165, 1.54) is 0 Å². The summed E-state index contributed by atoms with van der Waals surface area (Å²) >= 11 is 0. The molecule has 80 valence electrons. The normalized spacial score (nSPS) is 12.5. The van der Waals surface area contributed by atoms with Crippen molar-refractivity contribution in [1.82, 2.24) is 0 Å². The Labute approximate surface area is 77.6 Å². The lowest BCUT2D eigenvalue weighted by Crippen LogP contribution is -2.22. The van der Waals surface area contributed by atoms with Crippen LogP contribution in [0.3, 0.4) is 0 Å². The van der Waals surface area contributed by atoms with Gasteiger partial charge in [0.1, 0.15) is 0 Å². The number of halogens is 3. The van der Waals surface area contributed by atoms with Gasteiger partial charge in [0.15, 0.2) is 6.29 Å². The lowest BCUT2D eigenvalue weighted by molar-refractivity contribution is -0.137. The third kappa shape index (κ3) is 8.26. The zero-order chi connectivity index (χ0) is 10.3. The van der Waals surface area contributed by atoms with Gasteiger partial charge in [-0.1, -0.05) is 0 Å². The molecule has 0 aromatic rings. The third-order valence-corrected chi connectivity index (χ3v) is 2.22. The fourth-order valence-corrected chi connectivity index (χ4v) is 1.43. The minimum atomic E-state index is -5.44. The fourth-order valence-electron chi connectivity index (χ4n) is 0.868. The average Bonchev–Trinajstić information content (AvgIpc) is 2.00. The summed E-state index contributed by atoms with van der Waals surface area (Å²) in [5.41, 5.74) is 0. The number of rotatable bonds is 7. The van der Waals surface area contributed by atoms with E-state index in [0.717, 1.165) is 0 Å². The first-order valence-electron chi connectivity index (χ1n) is 4.29. The molecule has 13 heavy (non-hydrogen) atoms. The van der Waals surface area contributed by atoms with E-state index in [2.05, 4.69) is 0 Å². The molecule has 6 heteroatoms. The Hall–Kier alpha value is -0.0731. The van der Waals surface area contributed by atoms with Gasteiger partial charge in [-0.3, -0.25) is 0 Å². The molecule has 0 aliphatic heterocycles. The van der Waals surface area contributed by atoms with E-state index in [-0.39, 0.29) is 6.42 Å². The molecular formula is C7H15F3O2Si. The molecule has 0 radical (unpaired) electrons. The highest BCUT2D eigenvalue weighted by molar-refractivity contribution is 6.58. The van der Waals surface area contributed by atoms with E-state index in [0.29, 0.717) is 13.2 Å². The van der Waals surface area contributed by atoms with Crippen LogP contribution < -0.4 is 0 Å². The van der Waals surface area contributed by atoms with Crippen LogP contribution in [-0.4, -0.2) is 28.6 Å². The second-order valence-corrected chi connectivity index (χ2v) is 4.22. The summed E-state index contributed by atoms with van der Waals surface area (Å²) in [6.45, 7) is 4.22. The minimum absolute atomic E-state index is 0.0720. The molecule has 0 bridgehead atoms. The first-order valence-corrected chi connectivity index (χ1v) is 6.13. The fraction of sp³-hybridized carbons (Fsp3) is 1.00. The summed E-state index contributed by atoms with van der Waals surface area (Å²) in [6.07, 6.45) is -0.763. The molecule has 0 aromatic heterocycles. The first-order chi connectivity index (χ1) is 5.99. The molecule has 0 aliphatic carbocycles. The highest BCUT2D eigenvalue weighted by atomic mass is 28.5. The Balaban J connectivity index is 3.68. The van der Waals surface area contributed by atoms with Crippen molar-refractivity contribution in [3.05, 3.63) is 0 Å². The molecule has 0 rings (SSSR count). The average molecular weight is 216 g/mol. The Kier molecular flexibility index (Phi) is 6.36. The molecule has 0 unspecified atom stereocenters. The Morgan fingerprint density at radius 2 is 1.54 bits per heavy atom. The maximum atomic E-state index is 11.9. The molecule has 0 saturated carbocycles. The summed E-state index contributed by atoms with van der Waals surface area (Å²) in [5.74, 6) is 0. The van der Waals surface area contributed by atoms with Gasteiger partial charge in [0.25, 0.3) is 0 Å². The van der Waals surface area contributed by atoms with Gasteiger partial charge in [-0.05, 0) is 13.8 Å². The lowest BCUT2D eigenvalue weighted by atomic mass is 10.4. The van der Waals surface area contributed by atoms with Crippen LogP contribution in [0, 0.1) is 0 Å². The topological polar surface area (TPSA) is 18.5 Å². The van der Waals surface area contributed by atoms with Crippen LogP contribution >= 0.6 is 0 Å².